The summed E-state index contributed by atoms with van der Waals surface area (Å²) in [6.45, 7) is 3.71. The average Bonchev–Trinajstić information content (AvgIpc) is 2.91. The molecule has 3 heterocycles. The summed E-state index contributed by atoms with van der Waals surface area (Å²) in [5, 5.41) is 17.6. The summed E-state index contributed by atoms with van der Waals surface area (Å²) in [5.41, 5.74) is 2.45. The molecule has 0 spiro atoms. The molecular formula is C28H28F3N5O2. The van der Waals surface area contributed by atoms with E-state index in [1.165, 1.54) is 0 Å². The van der Waals surface area contributed by atoms with Gasteiger partial charge in [-0.15, -0.1) is 0 Å². The van der Waals surface area contributed by atoms with Crippen LogP contribution in [0.2, 0.25) is 0 Å². The molecule has 5 rings (SSSR count). The molecule has 2 aromatic carbocycles. The van der Waals surface area contributed by atoms with Crippen molar-refractivity contribution >= 4 is 16.7 Å². The number of piperidine rings is 1. The second-order valence-corrected chi connectivity index (χ2v) is 9.40. The minimum absolute atomic E-state index is 0.243. The van der Waals surface area contributed by atoms with Crippen LogP contribution < -0.4 is 15.4 Å². The van der Waals surface area contributed by atoms with E-state index in [0.29, 0.717) is 45.2 Å². The molecule has 0 unspecified atom stereocenters. The Morgan fingerprint density at radius 3 is 2.74 bits per heavy atom. The van der Waals surface area contributed by atoms with E-state index >= 15 is 0 Å². The molecule has 1 saturated heterocycles. The zero-order valence-electron chi connectivity index (χ0n) is 20.8. The maximum atomic E-state index is 13.0. The van der Waals surface area contributed by atoms with E-state index in [0.717, 1.165) is 31.5 Å². The van der Waals surface area contributed by atoms with Crippen LogP contribution in [0.1, 0.15) is 24.0 Å². The minimum Gasteiger partial charge on any atom is -0.437 e. The van der Waals surface area contributed by atoms with Gasteiger partial charge in [-0.25, -0.2) is 15.0 Å². The average molecular weight is 524 g/mol. The Bertz CT molecular complexity index is 1420. The van der Waals surface area contributed by atoms with Gasteiger partial charge in [0.2, 0.25) is 11.8 Å². The van der Waals surface area contributed by atoms with Crippen LogP contribution in [-0.4, -0.2) is 51.5 Å². The molecule has 1 aliphatic rings. The number of nitrogens with one attached hydrogen (secondary N) is 2. The Balaban J connectivity index is 1.48. The molecule has 2 aromatic heterocycles. The second kappa shape index (κ2) is 10.9. The fourth-order valence-electron chi connectivity index (χ4n) is 4.64. The first kappa shape index (κ1) is 25.9. The van der Waals surface area contributed by atoms with E-state index in [1.54, 1.807) is 54.9 Å². The van der Waals surface area contributed by atoms with Gasteiger partial charge in [-0.05, 0) is 61.0 Å². The fraction of sp³-hybridized carbons (Fsp3) is 0.321. The van der Waals surface area contributed by atoms with E-state index in [-0.39, 0.29) is 6.04 Å². The van der Waals surface area contributed by atoms with Crippen LogP contribution in [0, 0.1) is 6.92 Å². The van der Waals surface area contributed by atoms with Crippen molar-refractivity contribution in [1.82, 2.24) is 20.3 Å². The molecule has 0 amide bonds. The smallest absolute Gasteiger partial charge is 0.414 e. The predicted octanol–water partition coefficient (Wildman–Crippen LogP) is 5.42. The Morgan fingerprint density at radius 1 is 1.08 bits per heavy atom. The van der Waals surface area contributed by atoms with E-state index in [2.05, 4.69) is 25.6 Å². The molecule has 38 heavy (non-hydrogen) atoms. The number of pyridine rings is 1. The van der Waals surface area contributed by atoms with Crippen LogP contribution in [0.15, 0.2) is 60.9 Å². The van der Waals surface area contributed by atoms with E-state index in [4.69, 9.17) is 4.74 Å². The van der Waals surface area contributed by atoms with Crippen LogP contribution in [-0.2, 0) is 6.42 Å². The summed E-state index contributed by atoms with van der Waals surface area (Å²) in [6, 6.07) is 14.2. The third kappa shape index (κ3) is 5.71. The molecule has 2 atom stereocenters. The molecular weight excluding hydrogens is 495 g/mol. The minimum atomic E-state index is -4.70. The highest BCUT2D eigenvalue weighted by molar-refractivity contribution is 5.92. The SMILES string of the molecule is Cc1ccc2c(C[C@@H](O)C(F)(F)F)cccc2c1Oc1ncccc1-c1ccnc(N[C@H]2CCCNC2)n1. The summed E-state index contributed by atoms with van der Waals surface area (Å²) in [5.74, 6) is 1.31. The highest BCUT2D eigenvalue weighted by Crippen LogP contribution is 2.38. The maximum absolute atomic E-state index is 13.0. The molecule has 3 N–H and O–H groups in total. The first-order valence-electron chi connectivity index (χ1n) is 12.5. The standard InChI is InChI=1S/C28H28F3N5O2/c1-17-9-10-20-18(15-24(37)28(29,30)31)5-2-7-21(20)25(17)38-26-22(8-4-13-33-26)23-11-14-34-27(36-23)35-19-6-3-12-32-16-19/h2,4-5,7-11,13-14,19,24,32,37H,3,6,12,15-16H2,1H3,(H,34,35,36)/t19-,24+/m0/s1. The van der Waals surface area contributed by atoms with Gasteiger partial charge in [0, 0.05) is 36.8 Å². The van der Waals surface area contributed by atoms with Gasteiger partial charge in [0.15, 0.2) is 6.10 Å². The highest BCUT2D eigenvalue weighted by atomic mass is 19.4. The summed E-state index contributed by atoms with van der Waals surface area (Å²) >= 11 is 0. The van der Waals surface area contributed by atoms with Gasteiger partial charge in [-0.3, -0.25) is 0 Å². The fourth-order valence-corrected chi connectivity index (χ4v) is 4.64. The summed E-state index contributed by atoms with van der Waals surface area (Å²) in [4.78, 5) is 13.5. The second-order valence-electron chi connectivity index (χ2n) is 9.40. The number of hydrogen-bond acceptors (Lipinski definition) is 7. The third-order valence-corrected chi connectivity index (χ3v) is 6.62. The van der Waals surface area contributed by atoms with Crippen molar-refractivity contribution in [3.63, 3.8) is 0 Å². The van der Waals surface area contributed by atoms with Crippen LogP contribution in [0.4, 0.5) is 19.1 Å². The maximum Gasteiger partial charge on any atom is 0.414 e. The summed E-state index contributed by atoms with van der Waals surface area (Å²) < 4.78 is 45.4. The van der Waals surface area contributed by atoms with E-state index in [1.807, 2.05) is 13.0 Å². The zero-order valence-corrected chi connectivity index (χ0v) is 20.8. The van der Waals surface area contributed by atoms with Gasteiger partial charge >= 0.3 is 6.18 Å². The number of anilines is 1. The number of rotatable bonds is 7. The number of nitrogens with zero attached hydrogens (tertiary/aromatic N) is 3. The molecule has 0 aliphatic carbocycles. The summed E-state index contributed by atoms with van der Waals surface area (Å²) in [7, 11) is 0. The number of hydrogen-bond donors (Lipinski definition) is 3. The van der Waals surface area contributed by atoms with Crippen molar-refractivity contribution < 1.29 is 23.0 Å². The molecule has 0 bridgehead atoms. The molecule has 4 aromatic rings. The molecule has 1 aliphatic heterocycles. The largest absolute Gasteiger partial charge is 0.437 e. The number of fused-ring (bicyclic) bond motifs is 1. The lowest BCUT2D eigenvalue weighted by molar-refractivity contribution is -0.202. The van der Waals surface area contributed by atoms with Gasteiger partial charge in [0.1, 0.15) is 5.75 Å². The lowest BCUT2D eigenvalue weighted by Crippen LogP contribution is -2.38. The van der Waals surface area contributed by atoms with Crippen LogP contribution in [0.3, 0.4) is 0 Å². The highest BCUT2D eigenvalue weighted by Gasteiger charge is 2.38. The van der Waals surface area contributed by atoms with Crippen molar-refractivity contribution in [3.8, 4) is 22.9 Å². The Labute approximate surface area is 218 Å². The van der Waals surface area contributed by atoms with Crippen molar-refractivity contribution in [1.29, 1.82) is 0 Å². The van der Waals surface area contributed by atoms with Crippen LogP contribution in [0.5, 0.6) is 11.6 Å². The normalized spacial score (nSPS) is 16.8. The van der Waals surface area contributed by atoms with Crippen molar-refractivity contribution in [2.45, 2.75) is 44.5 Å². The lowest BCUT2D eigenvalue weighted by Gasteiger charge is -2.23. The monoisotopic (exact) mass is 523 g/mol. The Morgan fingerprint density at radius 2 is 1.95 bits per heavy atom. The molecule has 0 saturated carbocycles. The first-order chi connectivity index (χ1) is 18.3. The molecule has 10 heteroatoms. The predicted molar refractivity (Wildman–Crippen MR) is 139 cm³/mol. The molecule has 198 valence electrons. The number of aromatic nitrogens is 3. The lowest BCUT2D eigenvalue weighted by atomic mass is 9.97. The van der Waals surface area contributed by atoms with E-state index < -0.39 is 18.7 Å². The zero-order chi connectivity index (χ0) is 26.7. The Hall–Kier alpha value is -3.76. The van der Waals surface area contributed by atoms with Gasteiger partial charge in [0.25, 0.3) is 0 Å². The number of halogens is 3. The van der Waals surface area contributed by atoms with Crippen molar-refractivity contribution in [2.24, 2.45) is 0 Å². The number of aliphatic hydroxyl groups excluding tert-OH is 1. The van der Waals surface area contributed by atoms with E-state index in [9.17, 15) is 18.3 Å². The summed E-state index contributed by atoms with van der Waals surface area (Å²) in [6.07, 6.45) is -2.30. The van der Waals surface area contributed by atoms with Crippen LogP contribution >= 0.6 is 0 Å². The number of benzene rings is 2. The van der Waals surface area contributed by atoms with Crippen molar-refractivity contribution in [2.75, 3.05) is 18.4 Å². The van der Waals surface area contributed by atoms with Gasteiger partial charge in [0.05, 0.1) is 11.3 Å². The van der Waals surface area contributed by atoms with Gasteiger partial charge in [-0.1, -0.05) is 30.3 Å². The molecule has 0 radical (unpaired) electrons. The number of ether oxygens (including phenoxy) is 1. The number of aliphatic hydroxyl groups is 1. The van der Waals surface area contributed by atoms with Crippen LogP contribution in [0.25, 0.3) is 22.0 Å². The number of aryl methyl sites for hydroxylation is 1. The Kier molecular flexibility index (Phi) is 7.44. The number of alkyl halides is 3. The molecule has 7 nitrogen and oxygen atoms in total. The quantitative estimate of drug-likeness (QED) is 0.298. The molecule has 1 fully saturated rings. The topological polar surface area (TPSA) is 92.2 Å². The first-order valence-corrected chi connectivity index (χ1v) is 12.5. The van der Waals surface area contributed by atoms with Gasteiger partial charge < -0.3 is 20.5 Å². The van der Waals surface area contributed by atoms with Crippen molar-refractivity contribution in [3.05, 3.63) is 72.1 Å². The van der Waals surface area contributed by atoms with Gasteiger partial charge in [-0.2, -0.15) is 13.2 Å². The third-order valence-electron chi connectivity index (χ3n) is 6.62.